The maximum atomic E-state index is 11.6. The molecule has 0 atom stereocenters. The van der Waals surface area contributed by atoms with Crippen molar-refractivity contribution in [3.8, 4) is 11.4 Å². The molecule has 20 heavy (non-hydrogen) atoms. The molecule has 1 saturated carbocycles. The molecule has 1 aliphatic rings. The van der Waals surface area contributed by atoms with Crippen molar-refractivity contribution < 1.29 is 8.42 Å². The minimum atomic E-state index is -3.87. The number of rotatable bonds is 3. The first-order chi connectivity index (χ1) is 9.39. The first kappa shape index (κ1) is 13.7. The number of sulfonamides is 1. The maximum Gasteiger partial charge on any atom is 0.273 e. The predicted octanol–water partition coefficient (Wildman–Crippen LogP) is 2.00. The highest BCUT2D eigenvalue weighted by Gasteiger charge is 2.33. The molecule has 1 fully saturated rings. The summed E-state index contributed by atoms with van der Waals surface area (Å²) in [5.41, 5.74) is 1.84. The second-order valence-corrected chi connectivity index (χ2v) is 7.17. The maximum absolute atomic E-state index is 11.6. The second kappa shape index (κ2) is 4.64. The quantitative estimate of drug-likeness (QED) is 0.910. The molecule has 1 aromatic carbocycles. The van der Waals surface area contributed by atoms with Crippen LogP contribution < -0.4 is 5.14 Å². The van der Waals surface area contributed by atoms with Crippen LogP contribution in [0.3, 0.4) is 0 Å². The number of benzene rings is 1. The second-order valence-electron chi connectivity index (χ2n) is 4.86. The number of halogens is 1. The SMILES string of the molecule is Cc1c(Br)cccc1-c1nnc(S(N)(=O)=O)n1C1CC1. The van der Waals surface area contributed by atoms with Crippen molar-refractivity contribution in [3.05, 3.63) is 28.2 Å². The monoisotopic (exact) mass is 356 g/mol. The number of hydrogen-bond acceptors (Lipinski definition) is 4. The van der Waals surface area contributed by atoms with Crippen LogP contribution in [0.4, 0.5) is 0 Å². The van der Waals surface area contributed by atoms with Crippen molar-refractivity contribution in [2.75, 3.05) is 0 Å². The lowest BCUT2D eigenvalue weighted by Gasteiger charge is -2.10. The number of nitrogens with two attached hydrogens (primary N) is 1. The van der Waals surface area contributed by atoms with E-state index in [-0.39, 0.29) is 11.2 Å². The van der Waals surface area contributed by atoms with E-state index < -0.39 is 10.0 Å². The van der Waals surface area contributed by atoms with E-state index in [0.29, 0.717) is 5.82 Å². The van der Waals surface area contributed by atoms with Gasteiger partial charge in [0.15, 0.2) is 5.82 Å². The molecular weight excluding hydrogens is 344 g/mol. The summed E-state index contributed by atoms with van der Waals surface area (Å²) in [5.74, 6) is 0.551. The Balaban J connectivity index is 2.25. The largest absolute Gasteiger partial charge is 0.294 e. The zero-order chi connectivity index (χ0) is 14.5. The van der Waals surface area contributed by atoms with Gasteiger partial charge in [-0.15, -0.1) is 10.2 Å². The highest BCUT2D eigenvalue weighted by Crippen LogP contribution is 2.40. The summed E-state index contributed by atoms with van der Waals surface area (Å²) in [6, 6.07) is 5.83. The van der Waals surface area contributed by atoms with Gasteiger partial charge >= 0.3 is 0 Å². The molecule has 0 saturated heterocycles. The molecular formula is C12H13BrN4O2S. The number of nitrogens with zero attached hydrogens (tertiary/aromatic N) is 3. The van der Waals surface area contributed by atoms with Crippen LogP contribution >= 0.6 is 15.9 Å². The van der Waals surface area contributed by atoms with E-state index in [0.717, 1.165) is 28.4 Å². The first-order valence-electron chi connectivity index (χ1n) is 6.13. The van der Waals surface area contributed by atoms with Crippen LogP contribution in [0.25, 0.3) is 11.4 Å². The van der Waals surface area contributed by atoms with Crippen molar-refractivity contribution in [2.24, 2.45) is 5.14 Å². The third-order valence-corrected chi connectivity index (χ3v) is 4.99. The van der Waals surface area contributed by atoms with E-state index in [1.807, 2.05) is 25.1 Å². The zero-order valence-electron chi connectivity index (χ0n) is 10.7. The molecule has 6 nitrogen and oxygen atoms in total. The summed E-state index contributed by atoms with van der Waals surface area (Å²) in [4.78, 5) is 0. The molecule has 0 aliphatic heterocycles. The van der Waals surface area contributed by atoms with E-state index in [1.165, 1.54) is 0 Å². The summed E-state index contributed by atoms with van der Waals surface area (Å²) in [6.45, 7) is 1.95. The fraction of sp³-hybridized carbons (Fsp3) is 0.333. The predicted molar refractivity (Wildman–Crippen MR) is 77.5 cm³/mol. The van der Waals surface area contributed by atoms with Gasteiger partial charge in [0.2, 0.25) is 0 Å². The molecule has 8 heteroatoms. The molecule has 0 bridgehead atoms. The van der Waals surface area contributed by atoms with Gasteiger partial charge in [-0.2, -0.15) is 0 Å². The van der Waals surface area contributed by atoms with Crippen LogP contribution in [0.1, 0.15) is 24.4 Å². The van der Waals surface area contributed by atoms with Gasteiger partial charge in [-0.1, -0.05) is 28.1 Å². The Bertz CT molecular complexity index is 781. The standard InChI is InChI=1S/C12H13BrN4O2S/c1-7-9(3-2-4-10(7)13)11-15-16-12(20(14,18)19)17(11)8-5-6-8/h2-4,8H,5-6H2,1H3,(H2,14,18,19). The summed E-state index contributed by atoms with van der Waals surface area (Å²) in [5, 5.41) is 12.9. The van der Waals surface area contributed by atoms with E-state index >= 15 is 0 Å². The lowest BCUT2D eigenvalue weighted by atomic mass is 10.1. The van der Waals surface area contributed by atoms with Crippen LogP contribution in [0.5, 0.6) is 0 Å². The average Bonchev–Trinajstić information content (AvgIpc) is 3.10. The molecule has 2 N–H and O–H groups in total. The van der Waals surface area contributed by atoms with Gasteiger partial charge in [-0.05, 0) is 31.4 Å². The van der Waals surface area contributed by atoms with Crippen molar-refractivity contribution in [3.63, 3.8) is 0 Å². The Kier molecular flexibility index (Phi) is 3.19. The third kappa shape index (κ3) is 2.27. The first-order valence-corrected chi connectivity index (χ1v) is 8.46. The Morgan fingerprint density at radius 2 is 2.05 bits per heavy atom. The van der Waals surface area contributed by atoms with Gasteiger partial charge in [0.25, 0.3) is 15.2 Å². The van der Waals surface area contributed by atoms with E-state index in [9.17, 15) is 8.42 Å². The lowest BCUT2D eigenvalue weighted by Crippen LogP contribution is -2.18. The molecule has 0 amide bonds. The lowest BCUT2D eigenvalue weighted by molar-refractivity contribution is 0.567. The molecule has 106 valence electrons. The Labute approximate surface area is 125 Å². The van der Waals surface area contributed by atoms with Crippen molar-refractivity contribution in [1.29, 1.82) is 0 Å². The Morgan fingerprint density at radius 1 is 1.35 bits per heavy atom. The minimum absolute atomic E-state index is 0.117. The fourth-order valence-electron chi connectivity index (χ4n) is 2.17. The topological polar surface area (TPSA) is 90.9 Å². The van der Waals surface area contributed by atoms with Gasteiger partial charge in [-0.25, -0.2) is 13.6 Å². The summed E-state index contributed by atoms with van der Waals surface area (Å²) < 4.78 is 25.8. The molecule has 0 spiro atoms. The van der Waals surface area contributed by atoms with Crippen molar-refractivity contribution >= 4 is 26.0 Å². The number of hydrogen-bond donors (Lipinski definition) is 1. The zero-order valence-corrected chi connectivity index (χ0v) is 13.1. The van der Waals surface area contributed by atoms with E-state index in [4.69, 9.17) is 5.14 Å². The molecule has 2 aromatic rings. The molecule has 0 radical (unpaired) electrons. The Hall–Kier alpha value is -1.25. The van der Waals surface area contributed by atoms with Crippen LogP contribution in [-0.4, -0.2) is 23.2 Å². The molecule has 1 aliphatic carbocycles. The van der Waals surface area contributed by atoms with Crippen LogP contribution in [0.2, 0.25) is 0 Å². The summed E-state index contributed by atoms with van der Waals surface area (Å²) >= 11 is 3.47. The van der Waals surface area contributed by atoms with E-state index in [2.05, 4.69) is 26.1 Å². The molecule has 0 unspecified atom stereocenters. The number of primary sulfonamides is 1. The van der Waals surface area contributed by atoms with Crippen molar-refractivity contribution in [2.45, 2.75) is 31.0 Å². The molecule has 1 aromatic heterocycles. The summed E-state index contributed by atoms with van der Waals surface area (Å²) in [6.07, 6.45) is 1.83. The van der Waals surface area contributed by atoms with E-state index in [1.54, 1.807) is 4.57 Å². The van der Waals surface area contributed by atoms with Gasteiger partial charge in [0, 0.05) is 16.1 Å². The van der Waals surface area contributed by atoms with Crippen LogP contribution in [0.15, 0.2) is 27.8 Å². The van der Waals surface area contributed by atoms with Crippen LogP contribution in [0, 0.1) is 6.92 Å². The average molecular weight is 357 g/mol. The fourth-order valence-corrected chi connectivity index (χ4v) is 3.20. The number of aromatic nitrogens is 3. The smallest absolute Gasteiger partial charge is 0.273 e. The highest BCUT2D eigenvalue weighted by atomic mass is 79.9. The van der Waals surface area contributed by atoms with Gasteiger partial charge < -0.3 is 0 Å². The van der Waals surface area contributed by atoms with Crippen molar-refractivity contribution in [1.82, 2.24) is 14.8 Å². The molecule has 1 heterocycles. The van der Waals surface area contributed by atoms with Gasteiger partial charge in [-0.3, -0.25) is 4.57 Å². The summed E-state index contributed by atoms with van der Waals surface area (Å²) in [7, 11) is -3.87. The normalized spacial score (nSPS) is 15.6. The molecule has 3 rings (SSSR count). The Morgan fingerprint density at radius 3 is 2.65 bits per heavy atom. The van der Waals surface area contributed by atoms with Crippen LogP contribution in [-0.2, 0) is 10.0 Å². The highest BCUT2D eigenvalue weighted by molar-refractivity contribution is 9.10. The minimum Gasteiger partial charge on any atom is -0.294 e. The van der Waals surface area contributed by atoms with Gasteiger partial charge in [0.05, 0.1) is 0 Å². The third-order valence-electron chi connectivity index (χ3n) is 3.34. The van der Waals surface area contributed by atoms with Gasteiger partial charge in [0.1, 0.15) is 0 Å².